The molecule has 7 atom stereocenters. The second-order valence-electron chi connectivity index (χ2n) is 14.2. The minimum absolute atomic E-state index is 0.00651. The minimum Gasteiger partial charge on any atom is -0.504 e. The monoisotopic (exact) mass is 681 g/mol. The van der Waals surface area contributed by atoms with Gasteiger partial charge in [-0.25, -0.2) is 0 Å². The molecule has 5 rings (SSSR count). The average molecular weight is 682 g/mol. The summed E-state index contributed by atoms with van der Waals surface area (Å²) in [6.07, 6.45) is 11.3. The fourth-order valence-corrected chi connectivity index (χ4v) is 7.35. The van der Waals surface area contributed by atoms with Crippen LogP contribution in [0.3, 0.4) is 0 Å². The molecular formula is C42H55N3O5. The molecule has 0 saturated heterocycles. The van der Waals surface area contributed by atoms with E-state index >= 15 is 0 Å². The Morgan fingerprint density at radius 1 is 1.02 bits per heavy atom. The number of aryl methyl sites for hydroxylation is 1. The lowest BCUT2D eigenvalue weighted by molar-refractivity contribution is 0.00551. The van der Waals surface area contributed by atoms with Crippen LogP contribution in [0.4, 0.5) is 0 Å². The first kappa shape index (κ1) is 37.1. The maximum absolute atomic E-state index is 11.3. The first-order valence-corrected chi connectivity index (χ1v) is 18.3. The number of nitrogens with one attached hydrogen (secondary N) is 2. The van der Waals surface area contributed by atoms with E-state index in [4.69, 9.17) is 10.5 Å². The minimum atomic E-state index is -0.727. The van der Waals surface area contributed by atoms with E-state index in [0.29, 0.717) is 56.1 Å². The normalized spacial score (nSPS) is 22.0. The highest BCUT2D eigenvalue weighted by Gasteiger charge is 2.28. The zero-order chi connectivity index (χ0) is 35.3. The highest BCUT2D eigenvalue weighted by Crippen LogP contribution is 2.33. The lowest BCUT2D eigenvalue weighted by atomic mass is 9.82. The molecule has 0 saturated carbocycles. The Labute approximate surface area is 297 Å². The summed E-state index contributed by atoms with van der Waals surface area (Å²) in [4.78, 5) is 3.27. The summed E-state index contributed by atoms with van der Waals surface area (Å²) < 4.78 is 6.24. The SMILES string of the molecule is CC(Cc1ccccc1)C1C#CCC(C(O)CCc2ccc(O)c(OC(CO)CC(Cc3ccc[nH]3)C3=CCNC(N)=C3)c2)C(O)CCCC1. The maximum Gasteiger partial charge on any atom is 0.161 e. The second-order valence-corrected chi connectivity index (χ2v) is 14.2. The number of aromatic hydroxyl groups is 1. The van der Waals surface area contributed by atoms with Crippen molar-refractivity contribution in [2.45, 2.75) is 89.4 Å². The summed E-state index contributed by atoms with van der Waals surface area (Å²) >= 11 is 0. The molecule has 8 heteroatoms. The Morgan fingerprint density at radius 2 is 1.84 bits per heavy atom. The molecule has 0 amide bonds. The smallest absolute Gasteiger partial charge is 0.161 e. The third-order valence-corrected chi connectivity index (χ3v) is 10.3. The van der Waals surface area contributed by atoms with Crippen LogP contribution >= 0.6 is 0 Å². The Bertz CT molecular complexity index is 1590. The van der Waals surface area contributed by atoms with Crippen LogP contribution in [-0.4, -0.2) is 56.9 Å². The van der Waals surface area contributed by atoms with Crippen molar-refractivity contribution in [3.05, 3.63) is 107 Å². The molecule has 3 aromatic rings. The van der Waals surface area contributed by atoms with Crippen molar-refractivity contribution in [2.75, 3.05) is 13.2 Å². The molecular weight excluding hydrogens is 626 g/mol. The van der Waals surface area contributed by atoms with Crippen molar-refractivity contribution in [3.8, 4) is 23.3 Å². The third-order valence-electron chi connectivity index (χ3n) is 10.3. The molecule has 2 heterocycles. The van der Waals surface area contributed by atoms with Crippen molar-refractivity contribution < 1.29 is 25.2 Å². The van der Waals surface area contributed by atoms with E-state index in [1.54, 1.807) is 12.1 Å². The van der Waals surface area contributed by atoms with Gasteiger partial charge in [-0.1, -0.05) is 68.2 Å². The number of aromatic amines is 1. The number of hydrogen-bond acceptors (Lipinski definition) is 7. The van der Waals surface area contributed by atoms with Gasteiger partial charge in [0, 0.05) is 36.7 Å². The van der Waals surface area contributed by atoms with Gasteiger partial charge in [0.15, 0.2) is 11.5 Å². The number of aromatic nitrogens is 1. The average Bonchev–Trinajstić information content (AvgIpc) is 3.64. The third kappa shape index (κ3) is 10.9. The van der Waals surface area contributed by atoms with Crippen LogP contribution in [0.25, 0.3) is 0 Å². The molecule has 268 valence electrons. The standard InChI is InChI=1S/C42H55N3O5/c1-29(23-30-9-3-2-4-10-30)32-11-5-6-15-38(47)37(14-7-12-32)39(48)18-16-31-17-19-40(49)41(24-31)50-36(28-46)26-34(25-35-13-8-21-44-35)33-20-22-45-42(43)27-33/h2-4,8-10,13,17,19-21,24,27,29,32,34,36-39,44-49H,5-6,11,14-16,18,22-23,25-26,28,43H2,1H3. The first-order chi connectivity index (χ1) is 24.3. The molecule has 1 aromatic heterocycles. The van der Waals surface area contributed by atoms with Gasteiger partial charge in [-0.2, -0.15) is 0 Å². The van der Waals surface area contributed by atoms with Crippen LogP contribution in [-0.2, 0) is 19.3 Å². The van der Waals surface area contributed by atoms with Crippen molar-refractivity contribution in [2.24, 2.45) is 29.4 Å². The summed E-state index contributed by atoms with van der Waals surface area (Å²) in [5.74, 6) is 8.19. The summed E-state index contributed by atoms with van der Waals surface area (Å²) in [6.45, 7) is 2.69. The van der Waals surface area contributed by atoms with Gasteiger partial charge < -0.3 is 41.2 Å². The highest BCUT2D eigenvalue weighted by atomic mass is 16.5. The van der Waals surface area contributed by atoms with Gasteiger partial charge in [0.1, 0.15) is 6.10 Å². The van der Waals surface area contributed by atoms with E-state index in [9.17, 15) is 20.4 Å². The zero-order valence-electron chi connectivity index (χ0n) is 29.3. The van der Waals surface area contributed by atoms with Crippen LogP contribution in [0.1, 0.15) is 68.7 Å². The summed E-state index contributed by atoms with van der Waals surface area (Å²) in [5.41, 5.74) is 10.5. The molecule has 2 aromatic carbocycles. The Hall–Kier alpha value is -4.16. The number of H-pyrrole nitrogens is 1. The number of phenolic OH excluding ortho intramolecular Hbond substituents is 1. The van der Waals surface area contributed by atoms with Crippen molar-refractivity contribution in [3.63, 3.8) is 0 Å². The Morgan fingerprint density at radius 3 is 2.60 bits per heavy atom. The highest BCUT2D eigenvalue weighted by molar-refractivity contribution is 5.42. The molecule has 7 unspecified atom stereocenters. The quantitative estimate of drug-likeness (QED) is 0.101. The van der Waals surface area contributed by atoms with E-state index in [2.05, 4.69) is 59.4 Å². The fraction of sp³-hybridized carbons (Fsp3) is 0.476. The maximum atomic E-state index is 11.3. The van der Waals surface area contributed by atoms with Crippen LogP contribution < -0.4 is 15.8 Å². The molecule has 1 aliphatic carbocycles. The lowest BCUT2D eigenvalue weighted by Crippen LogP contribution is -2.32. The lowest BCUT2D eigenvalue weighted by Gasteiger charge is -2.28. The second kappa shape index (κ2) is 18.7. The van der Waals surface area contributed by atoms with E-state index < -0.39 is 18.3 Å². The van der Waals surface area contributed by atoms with Crippen LogP contribution in [0, 0.1) is 35.5 Å². The van der Waals surface area contributed by atoms with E-state index in [0.717, 1.165) is 48.9 Å². The zero-order valence-corrected chi connectivity index (χ0v) is 29.3. The molecule has 8 N–H and O–H groups in total. The van der Waals surface area contributed by atoms with Gasteiger partial charge in [0.05, 0.1) is 24.6 Å². The number of aliphatic hydroxyl groups excluding tert-OH is 3. The van der Waals surface area contributed by atoms with E-state index in [1.165, 1.54) is 5.56 Å². The van der Waals surface area contributed by atoms with E-state index in [1.807, 2.05) is 36.5 Å². The summed E-state index contributed by atoms with van der Waals surface area (Å²) in [7, 11) is 0. The Balaban J connectivity index is 1.20. The van der Waals surface area contributed by atoms with Gasteiger partial charge in [-0.15, -0.1) is 5.92 Å². The number of phenols is 1. The largest absolute Gasteiger partial charge is 0.504 e. The molecule has 1 aliphatic heterocycles. The number of dihydropyridines is 1. The van der Waals surface area contributed by atoms with Crippen molar-refractivity contribution in [1.29, 1.82) is 0 Å². The summed E-state index contributed by atoms with van der Waals surface area (Å²) in [5, 5.41) is 46.6. The summed E-state index contributed by atoms with van der Waals surface area (Å²) in [6, 6.07) is 19.8. The van der Waals surface area contributed by atoms with Gasteiger partial charge >= 0.3 is 0 Å². The predicted molar refractivity (Wildman–Crippen MR) is 198 cm³/mol. The number of aliphatic hydroxyl groups is 3. The van der Waals surface area contributed by atoms with Gasteiger partial charge in [-0.3, -0.25) is 0 Å². The van der Waals surface area contributed by atoms with Gasteiger partial charge in [0.25, 0.3) is 0 Å². The molecule has 0 spiro atoms. The van der Waals surface area contributed by atoms with Gasteiger partial charge in [0.2, 0.25) is 0 Å². The van der Waals surface area contributed by atoms with E-state index in [-0.39, 0.29) is 30.1 Å². The van der Waals surface area contributed by atoms with Crippen LogP contribution in [0.5, 0.6) is 11.5 Å². The molecule has 0 radical (unpaired) electrons. The molecule has 8 nitrogen and oxygen atoms in total. The number of rotatable bonds is 15. The number of allylic oxidation sites excluding steroid dienone is 2. The topological polar surface area (TPSA) is 144 Å². The van der Waals surface area contributed by atoms with Crippen molar-refractivity contribution in [1.82, 2.24) is 10.3 Å². The molecule has 50 heavy (non-hydrogen) atoms. The first-order valence-electron chi connectivity index (χ1n) is 18.3. The van der Waals surface area contributed by atoms with Crippen LogP contribution in [0.15, 0.2) is 90.4 Å². The molecule has 2 aliphatic rings. The fourth-order valence-electron chi connectivity index (χ4n) is 7.35. The Kier molecular flexibility index (Phi) is 13.9. The number of nitrogens with two attached hydrogens (primary N) is 1. The van der Waals surface area contributed by atoms with Crippen molar-refractivity contribution >= 4 is 0 Å². The molecule has 0 fully saturated rings. The molecule has 0 bridgehead atoms. The van der Waals surface area contributed by atoms with Crippen LogP contribution in [0.2, 0.25) is 0 Å². The predicted octanol–water partition coefficient (Wildman–Crippen LogP) is 5.77. The number of hydrogen-bond donors (Lipinski definition) is 7. The number of benzene rings is 2. The van der Waals surface area contributed by atoms with Gasteiger partial charge in [-0.05, 0) is 104 Å². The number of ether oxygens (including phenoxy) is 1.